The van der Waals surface area contributed by atoms with Crippen LogP contribution in [0, 0.1) is 12.8 Å². The Balaban J connectivity index is 1.17. The van der Waals surface area contributed by atoms with Crippen molar-refractivity contribution >= 4 is 16.8 Å². The molecule has 0 saturated carbocycles. The van der Waals surface area contributed by atoms with Gasteiger partial charge in [0.1, 0.15) is 6.10 Å². The number of piperidine rings is 1. The molecule has 6 nitrogen and oxygen atoms in total. The van der Waals surface area contributed by atoms with E-state index < -0.39 is 0 Å². The van der Waals surface area contributed by atoms with Crippen molar-refractivity contribution in [2.75, 3.05) is 45.9 Å². The molecule has 2 aromatic carbocycles. The number of rotatable bonds is 8. The molecule has 1 aromatic heterocycles. The van der Waals surface area contributed by atoms with Crippen molar-refractivity contribution in [3.05, 3.63) is 65.9 Å². The van der Waals surface area contributed by atoms with Crippen LogP contribution in [0.5, 0.6) is 0 Å². The first-order valence-corrected chi connectivity index (χ1v) is 14.9. The molecule has 0 radical (unpaired) electrons. The number of amides is 1. The molecule has 206 valence electrons. The van der Waals surface area contributed by atoms with Gasteiger partial charge in [-0.1, -0.05) is 42.5 Å². The second-order valence-electron chi connectivity index (χ2n) is 11.4. The Bertz CT molecular complexity index is 1260. The van der Waals surface area contributed by atoms with Crippen LogP contribution >= 0.6 is 0 Å². The van der Waals surface area contributed by atoms with Crippen LogP contribution in [0.1, 0.15) is 55.8 Å². The zero-order valence-corrected chi connectivity index (χ0v) is 23.2. The Morgan fingerprint density at radius 2 is 1.79 bits per heavy atom. The standard InChI is InChI=1S/C33H41N3O3/c1-24-29(13-12-26-6-4-16-34-31(24)26)25-8-10-27(11-9-25)32(39-23-21-35-17-2-3-18-35)28-14-19-36(20-15-28)33(37)30-7-5-22-38-30/h4,6,8-13,16,28,30,32H,2-3,5,7,14-15,17-23H2,1H3. The number of pyridine rings is 1. The van der Waals surface area contributed by atoms with Crippen LogP contribution < -0.4 is 0 Å². The third kappa shape index (κ3) is 5.88. The van der Waals surface area contributed by atoms with Crippen molar-refractivity contribution in [3.63, 3.8) is 0 Å². The molecular formula is C33H41N3O3. The fraction of sp³-hybridized carbons (Fsp3) is 0.515. The molecule has 2 unspecified atom stereocenters. The molecule has 4 heterocycles. The second kappa shape index (κ2) is 12.2. The highest BCUT2D eigenvalue weighted by Crippen LogP contribution is 2.36. The summed E-state index contributed by atoms with van der Waals surface area (Å²) in [5, 5.41) is 1.17. The maximum Gasteiger partial charge on any atom is 0.251 e. The van der Waals surface area contributed by atoms with Crippen molar-refractivity contribution < 1.29 is 14.3 Å². The fourth-order valence-corrected chi connectivity index (χ4v) is 6.67. The van der Waals surface area contributed by atoms with Gasteiger partial charge in [0.2, 0.25) is 0 Å². The highest BCUT2D eigenvalue weighted by atomic mass is 16.5. The summed E-state index contributed by atoms with van der Waals surface area (Å²) in [6.07, 6.45) is 8.05. The largest absolute Gasteiger partial charge is 0.372 e. The fourth-order valence-electron chi connectivity index (χ4n) is 6.67. The topological polar surface area (TPSA) is 54.9 Å². The van der Waals surface area contributed by atoms with Gasteiger partial charge in [-0.25, -0.2) is 0 Å². The number of aryl methyl sites for hydroxylation is 1. The summed E-state index contributed by atoms with van der Waals surface area (Å²) >= 11 is 0. The average Bonchev–Trinajstić information content (AvgIpc) is 3.71. The van der Waals surface area contributed by atoms with Gasteiger partial charge in [-0.05, 0) is 92.8 Å². The molecule has 3 aliphatic rings. The van der Waals surface area contributed by atoms with E-state index >= 15 is 0 Å². The predicted molar refractivity (Wildman–Crippen MR) is 155 cm³/mol. The molecule has 6 rings (SSSR count). The van der Waals surface area contributed by atoms with Gasteiger partial charge in [-0.3, -0.25) is 9.78 Å². The van der Waals surface area contributed by atoms with E-state index in [0.717, 1.165) is 57.4 Å². The third-order valence-electron chi connectivity index (χ3n) is 8.97. The number of hydrogen-bond donors (Lipinski definition) is 0. The van der Waals surface area contributed by atoms with E-state index in [4.69, 9.17) is 9.47 Å². The maximum atomic E-state index is 12.9. The first-order chi connectivity index (χ1) is 19.2. The Labute approximate surface area is 232 Å². The number of hydrogen-bond acceptors (Lipinski definition) is 5. The van der Waals surface area contributed by atoms with Gasteiger partial charge in [0.25, 0.3) is 5.91 Å². The summed E-state index contributed by atoms with van der Waals surface area (Å²) in [5.41, 5.74) is 5.94. The number of nitrogens with zero attached hydrogens (tertiary/aromatic N) is 3. The Morgan fingerprint density at radius 3 is 2.54 bits per heavy atom. The monoisotopic (exact) mass is 527 g/mol. The molecule has 0 spiro atoms. The molecular weight excluding hydrogens is 486 g/mol. The second-order valence-corrected chi connectivity index (χ2v) is 11.4. The van der Waals surface area contributed by atoms with Crippen molar-refractivity contribution in [1.82, 2.24) is 14.8 Å². The first kappa shape index (κ1) is 26.4. The molecule has 0 N–H and O–H groups in total. The van der Waals surface area contributed by atoms with E-state index in [1.54, 1.807) is 0 Å². The summed E-state index contributed by atoms with van der Waals surface area (Å²) in [6, 6.07) is 17.4. The highest BCUT2D eigenvalue weighted by Gasteiger charge is 2.34. The first-order valence-electron chi connectivity index (χ1n) is 14.9. The minimum absolute atomic E-state index is 0.0426. The summed E-state index contributed by atoms with van der Waals surface area (Å²) in [4.78, 5) is 22.1. The van der Waals surface area contributed by atoms with Crippen LogP contribution in [0.3, 0.4) is 0 Å². The van der Waals surface area contributed by atoms with Crippen molar-refractivity contribution in [2.24, 2.45) is 5.92 Å². The van der Waals surface area contributed by atoms with E-state index in [2.05, 4.69) is 59.3 Å². The summed E-state index contributed by atoms with van der Waals surface area (Å²) < 4.78 is 12.3. The molecule has 1 amide bonds. The molecule has 0 aliphatic carbocycles. The third-order valence-corrected chi connectivity index (χ3v) is 8.97. The molecule has 39 heavy (non-hydrogen) atoms. The van der Waals surface area contributed by atoms with Gasteiger partial charge >= 0.3 is 0 Å². The molecule has 0 bridgehead atoms. The van der Waals surface area contributed by atoms with Crippen molar-refractivity contribution in [3.8, 4) is 11.1 Å². The minimum Gasteiger partial charge on any atom is -0.372 e. The average molecular weight is 528 g/mol. The number of carbonyl (C=O) groups excluding carboxylic acids is 1. The van der Waals surface area contributed by atoms with E-state index in [1.807, 2.05) is 17.2 Å². The van der Waals surface area contributed by atoms with Crippen LogP contribution in [-0.4, -0.2) is 72.7 Å². The van der Waals surface area contributed by atoms with Crippen molar-refractivity contribution in [2.45, 2.75) is 57.7 Å². The van der Waals surface area contributed by atoms with Crippen molar-refractivity contribution in [1.29, 1.82) is 0 Å². The predicted octanol–water partition coefficient (Wildman–Crippen LogP) is 5.78. The number of likely N-dealkylation sites (tertiary alicyclic amines) is 2. The number of ether oxygens (including phenoxy) is 2. The van der Waals surface area contributed by atoms with Gasteiger partial charge < -0.3 is 19.3 Å². The minimum atomic E-state index is -0.227. The number of carbonyl (C=O) groups is 1. The molecule has 6 heteroatoms. The van der Waals surface area contributed by atoms with Gasteiger partial charge in [-0.2, -0.15) is 0 Å². The molecule has 3 fully saturated rings. The highest BCUT2D eigenvalue weighted by molar-refractivity contribution is 5.88. The van der Waals surface area contributed by atoms with E-state index in [-0.39, 0.29) is 18.1 Å². The Kier molecular flexibility index (Phi) is 8.24. The normalized spacial score (nSPS) is 21.6. The number of aromatic nitrogens is 1. The van der Waals surface area contributed by atoms with Gasteiger partial charge in [-0.15, -0.1) is 0 Å². The summed E-state index contributed by atoms with van der Waals surface area (Å²) in [6.45, 7) is 8.57. The van der Waals surface area contributed by atoms with Crippen LogP contribution in [0.2, 0.25) is 0 Å². The maximum absolute atomic E-state index is 12.9. The molecule has 2 atom stereocenters. The molecule has 3 saturated heterocycles. The van der Waals surface area contributed by atoms with E-state index in [0.29, 0.717) is 12.5 Å². The smallest absolute Gasteiger partial charge is 0.251 e. The SMILES string of the molecule is Cc1c(-c2ccc(C(OCCN3CCCC3)C3CCN(C(=O)C4CCCO4)CC3)cc2)ccc2cccnc12. The van der Waals surface area contributed by atoms with E-state index in [9.17, 15) is 4.79 Å². The lowest BCUT2D eigenvalue weighted by Crippen LogP contribution is -2.44. The quantitative estimate of drug-likeness (QED) is 0.372. The van der Waals surface area contributed by atoms with Crippen LogP contribution in [-0.2, 0) is 14.3 Å². The Hall–Kier alpha value is -2.80. The van der Waals surface area contributed by atoms with Crippen LogP contribution in [0.4, 0.5) is 0 Å². The molecule has 3 aliphatic heterocycles. The lowest BCUT2D eigenvalue weighted by Gasteiger charge is -2.37. The van der Waals surface area contributed by atoms with Crippen LogP contribution in [0.15, 0.2) is 54.7 Å². The lowest BCUT2D eigenvalue weighted by molar-refractivity contribution is -0.143. The van der Waals surface area contributed by atoms with Gasteiger partial charge in [0.05, 0.1) is 18.2 Å². The van der Waals surface area contributed by atoms with E-state index in [1.165, 1.54) is 53.6 Å². The van der Waals surface area contributed by atoms with Crippen LogP contribution in [0.25, 0.3) is 22.0 Å². The molecule has 3 aromatic rings. The number of benzene rings is 2. The lowest BCUT2D eigenvalue weighted by atomic mass is 9.86. The summed E-state index contributed by atoms with van der Waals surface area (Å²) in [7, 11) is 0. The zero-order valence-electron chi connectivity index (χ0n) is 23.2. The zero-order chi connectivity index (χ0) is 26.6. The Morgan fingerprint density at radius 1 is 1.00 bits per heavy atom. The summed E-state index contributed by atoms with van der Waals surface area (Å²) in [5.74, 6) is 0.580. The van der Waals surface area contributed by atoms with Gasteiger partial charge in [0.15, 0.2) is 0 Å². The van der Waals surface area contributed by atoms with Gasteiger partial charge in [0, 0.05) is 37.8 Å². The number of fused-ring (bicyclic) bond motifs is 1.